The van der Waals surface area contributed by atoms with E-state index in [4.69, 9.17) is 0 Å². The van der Waals surface area contributed by atoms with Crippen molar-refractivity contribution in [1.82, 2.24) is 15.5 Å². The van der Waals surface area contributed by atoms with Crippen LogP contribution in [0.15, 0.2) is 89.8 Å². The van der Waals surface area contributed by atoms with Crippen molar-refractivity contribution in [2.75, 3.05) is 37.0 Å². The molecule has 0 aliphatic carbocycles. The molecule has 2 N–H and O–H groups in total. The minimum absolute atomic E-state index is 0. The molecule has 3 amide bonds. The first-order valence-electron chi connectivity index (χ1n) is 11.4. The van der Waals surface area contributed by atoms with Crippen molar-refractivity contribution in [3.63, 3.8) is 0 Å². The van der Waals surface area contributed by atoms with Crippen LogP contribution in [-0.2, 0) is 14.8 Å². The molecule has 0 unspecified atom stereocenters. The van der Waals surface area contributed by atoms with Crippen LogP contribution in [0.3, 0.4) is 0 Å². The molecule has 3 aromatic carbocycles. The molecular formula is C26H27ClN4O5S. The number of nitrogens with one attached hydrogen (secondary N) is 2. The maximum atomic E-state index is 13.6. The molecule has 4 rings (SSSR count). The highest BCUT2D eigenvalue weighted by atomic mass is 35.5. The lowest BCUT2D eigenvalue weighted by Gasteiger charge is -2.27. The fraction of sp³-hybridized carbons (Fsp3) is 0.192. The first-order valence-corrected chi connectivity index (χ1v) is 12.9. The third-order valence-corrected chi connectivity index (χ3v) is 7.45. The van der Waals surface area contributed by atoms with E-state index in [1.165, 1.54) is 36.4 Å². The lowest BCUT2D eigenvalue weighted by atomic mass is 10.2. The number of hydrogen-bond acceptors (Lipinski definition) is 6. The topological polar surface area (TPSA) is 116 Å². The van der Waals surface area contributed by atoms with Crippen LogP contribution < -0.4 is 14.9 Å². The van der Waals surface area contributed by atoms with Gasteiger partial charge in [-0.25, -0.2) is 8.42 Å². The number of amides is 3. The number of para-hydroxylation sites is 1. The van der Waals surface area contributed by atoms with Gasteiger partial charge >= 0.3 is 0 Å². The standard InChI is InChI=1S/C26H26N4O5S.ClH/c31-24(29-17-15-27-16-18-29)19-28-25(32)20-11-13-23(14-12-20)36(34,35)30(22-9-5-2-6-10-22)26(33)21-7-3-1-4-8-21;/h1-14,27H,15-19H2,(H,28,32);1H. The molecule has 0 aromatic heterocycles. The highest BCUT2D eigenvalue weighted by Gasteiger charge is 2.32. The fourth-order valence-corrected chi connectivity index (χ4v) is 5.21. The Labute approximate surface area is 221 Å². The summed E-state index contributed by atoms with van der Waals surface area (Å²) in [6.07, 6.45) is 0. The van der Waals surface area contributed by atoms with Crippen LogP contribution in [0.2, 0.25) is 0 Å². The van der Waals surface area contributed by atoms with E-state index in [0.29, 0.717) is 26.2 Å². The zero-order valence-electron chi connectivity index (χ0n) is 19.9. The minimum atomic E-state index is -4.30. The fourth-order valence-electron chi connectivity index (χ4n) is 3.79. The van der Waals surface area contributed by atoms with Crippen molar-refractivity contribution in [3.05, 3.63) is 96.1 Å². The quantitative estimate of drug-likeness (QED) is 0.473. The summed E-state index contributed by atoms with van der Waals surface area (Å²) in [6.45, 7) is 2.44. The predicted octanol–water partition coefficient (Wildman–Crippen LogP) is 2.31. The molecule has 37 heavy (non-hydrogen) atoms. The Hall–Kier alpha value is -3.73. The van der Waals surface area contributed by atoms with E-state index < -0.39 is 21.8 Å². The van der Waals surface area contributed by atoms with E-state index in [2.05, 4.69) is 10.6 Å². The van der Waals surface area contributed by atoms with E-state index >= 15 is 0 Å². The first kappa shape index (κ1) is 27.9. The average Bonchev–Trinajstić information content (AvgIpc) is 2.93. The van der Waals surface area contributed by atoms with E-state index in [9.17, 15) is 22.8 Å². The van der Waals surface area contributed by atoms with Crippen LogP contribution >= 0.6 is 12.4 Å². The summed E-state index contributed by atoms with van der Waals surface area (Å²) in [7, 11) is -4.30. The predicted molar refractivity (Wildman–Crippen MR) is 142 cm³/mol. The number of hydrogen-bond donors (Lipinski definition) is 2. The molecule has 11 heteroatoms. The molecule has 0 bridgehead atoms. The van der Waals surface area contributed by atoms with Gasteiger partial charge in [-0.3, -0.25) is 14.4 Å². The number of nitrogens with zero attached hydrogens (tertiary/aromatic N) is 2. The maximum Gasteiger partial charge on any atom is 0.272 e. The Bertz CT molecular complexity index is 1330. The monoisotopic (exact) mass is 542 g/mol. The van der Waals surface area contributed by atoms with Crippen LogP contribution in [-0.4, -0.2) is 63.8 Å². The number of carbonyl (C=O) groups excluding carboxylic acids is 3. The molecule has 3 aromatic rings. The van der Waals surface area contributed by atoms with Crippen molar-refractivity contribution >= 4 is 45.8 Å². The van der Waals surface area contributed by atoms with E-state index in [0.717, 1.165) is 4.31 Å². The van der Waals surface area contributed by atoms with Gasteiger partial charge in [-0.05, 0) is 48.5 Å². The number of anilines is 1. The summed E-state index contributed by atoms with van der Waals surface area (Å²) >= 11 is 0. The van der Waals surface area contributed by atoms with Crippen LogP contribution in [0.1, 0.15) is 20.7 Å². The van der Waals surface area contributed by atoms with Crippen molar-refractivity contribution < 1.29 is 22.8 Å². The summed E-state index contributed by atoms with van der Waals surface area (Å²) < 4.78 is 27.9. The number of halogens is 1. The Kier molecular flexibility index (Phi) is 9.40. The number of piperazine rings is 1. The van der Waals surface area contributed by atoms with E-state index in [1.54, 1.807) is 53.4 Å². The number of carbonyl (C=O) groups is 3. The molecule has 1 heterocycles. The highest BCUT2D eigenvalue weighted by Crippen LogP contribution is 2.26. The third-order valence-electron chi connectivity index (χ3n) is 5.72. The summed E-state index contributed by atoms with van der Waals surface area (Å²) in [5.41, 5.74) is 0.609. The van der Waals surface area contributed by atoms with E-state index in [-0.39, 0.29) is 46.6 Å². The summed E-state index contributed by atoms with van der Waals surface area (Å²) in [5.74, 6) is -1.38. The largest absolute Gasteiger partial charge is 0.343 e. The van der Waals surface area contributed by atoms with Crippen molar-refractivity contribution in [3.8, 4) is 0 Å². The summed E-state index contributed by atoms with van der Waals surface area (Å²) in [6, 6.07) is 21.5. The number of rotatable bonds is 7. The Balaban J connectivity index is 0.00000380. The maximum absolute atomic E-state index is 13.6. The van der Waals surface area contributed by atoms with Gasteiger partial charge in [-0.15, -0.1) is 12.4 Å². The van der Waals surface area contributed by atoms with Crippen LogP contribution in [0.25, 0.3) is 0 Å². The molecular weight excluding hydrogens is 516 g/mol. The van der Waals surface area contributed by atoms with Gasteiger partial charge in [0.1, 0.15) is 0 Å². The third kappa shape index (κ3) is 6.53. The molecule has 1 aliphatic heterocycles. The number of benzene rings is 3. The molecule has 194 valence electrons. The normalized spacial score (nSPS) is 13.2. The van der Waals surface area contributed by atoms with Crippen molar-refractivity contribution in [1.29, 1.82) is 0 Å². The molecule has 0 atom stereocenters. The zero-order valence-corrected chi connectivity index (χ0v) is 21.5. The molecule has 0 radical (unpaired) electrons. The van der Waals surface area contributed by atoms with Crippen molar-refractivity contribution in [2.45, 2.75) is 4.90 Å². The van der Waals surface area contributed by atoms with Gasteiger partial charge in [0.05, 0.1) is 17.1 Å². The lowest BCUT2D eigenvalue weighted by molar-refractivity contribution is -0.130. The number of sulfonamides is 1. The van der Waals surface area contributed by atoms with Gasteiger partial charge in [-0.1, -0.05) is 36.4 Å². The highest BCUT2D eigenvalue weighted by molar-refractivity contribution is 7.93. The van der Waals surface area contributed by atoms with Gasteiger partial charge < -0.3 is 15.5 Å². The lowest BCUT2D eigenvalue weighted by Crippen LogP contribution is -2.49. The van der Waals surface area contributed by atoms with Crippen molar-refractivity contribution in [2.24, 2.45) is 0 Å². The Morgan fingerprint density at radius 2 is 1.38 bits per heavy atom. The van der Waals surface area contributed by atoms with Gasteiger partial charge in [0.2, 0.25) is 5.91 Å². The second-order valence-electron chi connectivity index (χ2n) is 8.11. The van der Waals surface area contributed by atoms with Crippen LogP contribution in [0.4, 0.5) is 5.69 Å². The minimum Gasteiger partial charge on any atom is -0.343 e. The average molecular weight is 543 g/mol. The Morgan fingerprint density at radius 1 is 0.811 bits per heavy atom. The smallest absolute Gasteiger partial charge is 0.272 e. The van der Waals surface area contributed by atoms with E-state index in [1.807, 2.05) is 0 Å². The SMILES string of the molecule is Cl.O=C(NCC(=O)N1CCNCC1)c1ccc(S(=O)(=O)N(C(=O)c2ccccc2)c2ccccc2)cc1. The molecule has 0 spiro atoms. The summed E-state index contributed by atoms with van der Waals surface area (Å²) in [4.78, 5) is 39.6. The second-order valence-corrected chi connectivity index (χ2v) is 9.90. The first-order chi connectivity index (χ1) is 17.4. The molecule has 1 saturated heterocycles. The van der Waals surface area contributed by atoms with Crippen LogP contribution in [0, 0.1) is 0 Å². The van der Waals surface area contributed by atoms with Gasteiger partial charge in [0, 0.05) is 37.3 Å². The molecule has 9 nitrogen and oxygen atoms in total. The van der Waals surface area contributed by atoms with Crippen LogP contribution in [0.5, 0.6) is 0 Å². The molecule has 0 saturated carbocycles. The van der Waals surface area contributed by atoms with Gasteiger partial charge in [0.25, 0.3) is 21.8 Å². The second kappa shape index (κ2) is 12.5. The summed E-state index contributed by atoms with van der Waals surface area (Å²) in [5, 5.41) is 5.74. The zero-order chi connectivity index (χ0) is 25.5. The van der Waals surface area contributed by atoms with Gasteiger partial charge in [-0.2, -0.15) is 4.31 Å². The van der Waals surface area contributed by atoms with Gasteiger partial charge in [0.15, 0.2) is 0 Å². The Morgan fingerprint density at radius 3 is 1.97 bits per heavy atom. The molecule has 1 aliphatic rings. The molecule has 1 fully saturated rings.